The van der Waals surface area contributed by atoms with Gasteiger partial charge in [-0.1, -0.05) is 30.3 Å². The lowest BCUT2D eigenvalue weighted by molar-refractivity contribution is -0.122. The number of nitrogens with one attached hydrogen (secondary N) is 1. The second-order valence-electron chi connectivity index (χ2n) is 6.63. The summed E-state index contributed by atoms with van der Waals surface area (Å²) in [6, 6.07) is 13.7. The molecule has 7 nitrogen and oxygen atoms in total. The highest BCUT2D eigenvalue weighted by Gasteiger charge is 2.34. The number of benzene rings is 2. The van der Waals surface area contributed by atoms with Gasteiger partial charge in [0.1, 0.15) is 17.0 Å². The van der Waals surface area contributed by atoms with Gasteiger partial charge in [0.15, 0.2) is 0 Å². The Labute approximate surface area is 179 Å². The SMILES string of the molecule is O=C(NCCN1C(=O)SC(=Cc2ccc(F)cc2)C1=O)c1cc2ccccc2oc1=O. The highest BCUT2D eigenvalue weighted by Crippen LogP contribution is 2.31. The predicted octanol–water partition coefficient (Wildman–Crippen LogP) is 3.40. The molecule has 0 atom stereocenters. The first-order chi connectivity index (χ1) is 14.9. The molecule has 9 heteroatoms. The number of thioether (sulfide) groups is 1. The minimum atomic E-state index is -0.774. The van der Waals surface area contributed by atoms with Gasteiger partial charge in [0.05, 0.1) is 4.91 Å². The monoisotopic (exact) mass is 438 g/mol. The molecule has 0 spiro atoms. The quantitative estimate of drug-likeness (QED) is 0.485. The van der Waals surface area contributed by atoms with Gasteiger partial charge in [-0.25, -0.2) is 9.18 Å². The standard InChI is InChI=1S/C22H15FN2O5S/c23-15-7-5-13(6-8-15)11-18-20(27)25(22(29)31-18)10-9-24-19(26)16-12-14-3-1-2-4-17(14)30-21(16)28/h1-8,11-12H,9-10H2,(H,24,26). The third-order valence-electron chi connectivity index (χ3n) is 4.55. The zero-order valence-corrected chi connectivity index (χ0v) is 16.8. The Kier molecular flexibility index (Phi) is 5.68. The number of para-hydroxylation sites is 1. The highest BCUT2D eigenvalue weighted by molar-refractivity contribution is 8.18. The van der Waals surface area contributed by atoms with E-state index in [1.807, 2.05) is 0 Å². The van der Waals surface area contributed by atoms with Gasteiger partial charge < -0.3 is 9.73 Å². The lowest BCUT2D eigenvalue weighted by Crippen LogP contribution is -2.38. The number of hydrogen-bond acceptors (Lipinski definition) is 6. The van der Waals surface area contributed by atoms with Gasteiger partial charge in [-0.05, 0) is 47.7 Å². The van der Waals surface area contributed by atoms with E-state index in [1.54, 1.807) is 24.3 Å². The molecule has 1 aromatic heterocycles. The molecule has 0 saturated carbocycles. The lowest BCUT2D eigenvalue weighted by Gasteiger charge is -2.12. The molecular weight excluding hydrogens is 423 g/mol. The molecule has 1 saturated heterocycles. The second kappa shape index (κ2) is 8.57. The molecule has 0 bridgehead atoms. The summed E-state index contributed by atoms with van der Waals surface area (Å²) < 4.78 is 18.2. The van der Waals surface area contributed by atoms with Gasteiger partial charge in [0.25, 0.3) is 17.1 Å². The van der Waals surface area contributed by atoms with Crippen molar-refractivity contribution in [3.8, 4) is 0 Å². The molecule has 1 aliphatic rings. The highest BCUT2D eigenvalue weighted by atomic mass is 32.2. The van der Waals surface area contributed by atoms with Crippen molar-refractivity contribution in [2.24, 2.45) is 0 Å². The van der Waals surface area contributed by atoms with Crippen LogP contribution in [0.5, 0.6) is 0 Å². The maximum absolute atomic E-state index is 13.0. The number of fused-ring (bicyclic) bond motifs is 1. The van der Waals surface area contributed by atoms with E-state index >= 15 is 0 Å². The number of carbonyl (C=O) groups is 3. The Bertz CT molecular complexity index is 1280. The van der Waals surface area contributed by atoms with E-state index < -0.39 is 28.5 Å². The summed E-state index contributed by atoms with van der Waals surface area (Å²) >= 11 is 0.767. The Balaban J connectivity index is 1.40. The summed E-state index contributed by atoms with van der Waals surface area (Å²) in [5.41, 5.74) is 0.0201. The van der Waals surface area contributed by atoms with Gasteiger partial charge in [-0.15, -0.1) is 0 Å². The van der Waals surface area contributed by atoms with Crippen LogP contribution in [0.1, 0.15) is 15.9 Å². The molecule has 0 unspecified atom stereocenters. The summed E-state index contributed by atoms with van der Waals surface area (Å²) in [4.78, 5) is 50.3. The summed E-state index contributed by atoms with van der Waals surface area (Å²) in [6.07, 6.45) is 1.50. The second-order valence-corrected chi connectivity index (χ2v) is 7.62. The molecule has 1 aliphatic heterocycles. The number of halogens is 1. The first kappa shape index (κ1) is 20.5. The van der Waals surface area contributed by atoms with Crippen molar-refractivity contribution in [2.45, 2.75) is 0 Å². The molecule has 4 rings (SSSR count). The third-order valence-corrected chi connectivity index (χ3v) is 5.46. The molecule has 3 aromatic rings. The van der Waals surface area contributed by atoms with Gasteiger partial charge in [-0.2, -0.15) is 0 Å². The molecule has 2 aromatic carbocycles. The first-order valence-corrected chi connectivity index (χ1v) is 10.1. The Morgan fingerprint density at radius 1 is 1.10 bits per heavy atom. The lowest BCUT2D eigenvalue weighted by atomic mass is 10.2. The van der Waals surface area contributed by atoms with E-state index in [0.717, 1.165) is 16.7 Å². The molecule has 1 N–H and O–H groups in total. The predicted molar refractivity (Wildman–Crippen MR) is 114 cm³/mol. The number of carbonyl (C=O) groups excluding carboxylic acids is 3. The van der Waals surface area contributed by atoms with Crippen LogP contribution in [0.2, 0.25) is 0 Å². The maximum atomic E-state index is 13.0. The zero-order valence-electron chi connectivity index (χ0n) is 16.0. The summed E-state index contributed by atoms with van der Waals surface area (Å²) in [5.74, 6) is -1.56. The van der Waals surface area contributed by atoms with Crippen LogP contribution in [-0.4, -0.2) is 35.0 Å². The van der Waals surface area contributed by atoms with Crippen LogP contribution < -0.4 is 10.9 Å². The van der Waals surface area contributed by atoms with E-state index in [0.29, 0.717) is 16.5 Å². The Morgan fingerprint density at radius 3 is 2.61 bits per heavy atom. The van der Waals surface area contributed by atoms with Crippen LogP contribution in [0.15, 0.2) is 68.7 Å². The van der Waals surface area contributed by atoms with E-state index in [1.165, 1.54) is 36.4 Å². The van der Waals surface area contributed by atoms with Gasteiger partial charge in [0, 0.05) is 18.5 Å². The van der Waals surface area contributed by atoms with Crippen molar-refractivity contribution >= 4 is 45.9 Å². The first-order valence-electron chi connectivity index (χ1n) is 9.24. The fraction of sp³-hybridized carbons (Fsp3) is 0.0909. The summed E-state index contributed by atoms with van der Waals surface area (Å²) in [5, 5.41) is 2.65. The number of imide groups is 1. The third kappa shape index (κ3) is 4.41. The zero-order chi connectivity index (χ0) is 22.0. The smallest absolute Gasteiger partial charge is 0.349 e. The minimum Gasteiger partial charge on any atom is -0.422 e. The number of hydrogen-bond donors (Lipinski definition) is 1. The number of nitrogens with zero attached hydrogens (tertiary/aromatic N) is 1. The van der Waals surface area contributed by atoms with Gasteiger partial charge in [0.2, 0.25) is 0 Å². The van der Waals surface area contributed by atoms with E-state index in [-0.39, 0.29) is 23.6 Å². The van der Waals surface area contributed by atoms with Crippen LogP contribution >= 0.6 is 11.8 Å². The van der Waals surface area contributed by atoms with E-state index in [9.17, 15) is 23.6 Å². The Morgan fingerprint density at radius 2 is 1.84 bits per heavy atom. The minimum absolute atomic E-state index is 0.0348. The van der Waals surface area contributed by atoms with Crippen LogP contribution in [-0.2, 0) is 4.79 Å². The van der Waals surface area contributed by atoms with E-state index in [2.05, 4.69) is 5.32 Å². The van der Waals surface area contributed by atoms with Gasteiger partial charge >= 0.3 is 5.63 Å². The maximum Gasteiger partial charge on any atom is 0.349 e. The fourth-order valence-corrected chi connectivity index (χ4v) is 3.86. The number of amides is 3. The molecule has 1 fully saturated rings. The van der Waals surface area contributed by atoms with Crippen molar-refractivity contribution < 1.29 is 23.2 Å². The van der Waals surface area contributed by atoms with Crippen molar-refractivity contribution in [2.75, 3.05) is 13.1 Å². The van der Waals surface area contributed by atoms with Crippen molar-refractivity contribution in [3.05, 3.63) is 86.9 Å². The molecule has 0 radical (unpaired) electrons. The molecule has 156 valence electrons. The summed E-state index contributed by atoms with van der Waals surface area (Å²) in [6.45, 7) is -0.0942. The van der Waals surface area contributed by atoms with E-state index in [4.69, 9.17) is 4.42 Å². The number of rotatable bonds is 5. The van der Waals surface area contributed by atoms with Crippen LogP contribution in [0.3, 0.4) is 0 Å². The van der Waals surface area contributed by atoms with Crippen LogP contribution in [0, 0.1) is 5.82 Å². The van der Waals surface area contributed by atoms with Crippen LogP contribution in [0.25, 0.3) is 17.0 Å². The van der Waals surface area contributed by atoms with Crippen LogP contribution in [0.4, 0.5) is 9.18 Å². The summed E-state index contributed by atoms with van der Waals surface area (Å²) in [7, 11) is 0. The van der Waals surface area contributed by atoms with Gasteiger partial charge in [-0.3, -0.25) is 19.3 Å². The fourth-order valence-electron chi connectivity index (χ4n) is 3.00. The largest absolute Gasteiger partial charge is 0.422 e. The molecule has 3 amide bonds. The Hall–Kier alpha value is -3.72. The molecule has 31 heavy (non-hydrogen) atoms. The average Bonchev–Trinajstić information content (AvgIpc) is 3.02. The molecular formula is C22H15FN2O5S. The normalized spacial score (nSPS) is 15.1. The average molecular weight is 438 g/mol. The topological polar surface area (TPSA) is 96.7 Å². The van der Waals surface area contributed by atoms with Crippen molar-refractivity contribution in [3.63, 3.8) is 0 Å². The van der Waals surface area contributed by atoms with Crippen molar-refractivity contribution in [1.82, 2.24) is 10.2 Å². The molecule has 0 aliphatic carbocycles. The molecule has 2 heterocycles. The van der Waals surface area contributed by atoms with Crippen molar-refractivity contribution in [1.29, 1.82) is 0 Å².